The summed E-state index contributed by atoms with van der Waals surface area (Å²) in [4.78, 5) is 29.9. The van der Waals surface area contributed by atoms with Gasteiger partial charge >= 0.3 is 5.97 Å². The van der Waals surface area contributed by atoms with Crippen LogP contribution in [0, 0.1) is 23.2 Å². The number of hydrogen-bond acceptors (Lipinski definition) is 3. The van der Waals surface area contributed by atoms with E-state index in [2.05, 4.69) is 10.3 Å². The lowest BCUT2D eigenvalue weighted by Crippen LogP contribution is -2.51. The molecular formula is C28H31N3O3. The summed E-state index contributed by atoms with van der Waals surface area (Å²) < 4.78 is 1.74. The number of carbonyl (C=O) groups excluding carboxylic acids is 1. The molecule has 4 saturated carbocycles. The van der Waals surface area contributed by atoms with Gasteiger partial charge in [-0.2, -0.15) is 0 Å². The number of amides is 1. The van der Waals surface area contributed by atoms with E-state index in [0.717, 1.165) is 29.9 Å². The molecule has 2 N–H and O–H groups in total. The Morgan fingerprint density at radius 3 is 2.32 bits per heavy atom. The molecule has 6 nitrogen and oxygen atoms in total. The van der Waals surface area contributed by atoms with Crippen LogP contribution in [0.2, 0.25) is 0 Å². The molecule has 4 aliphatic rings. The van der Waals surface area contributed by atoms with Crippen LogP contribution in [0.1, 0.15) is 66.2 Å². The molecule has 6 heteroatoms. The van der Waals surface area contributed by atoms with E-state index in [0.29, 0.717) is 23.5 Å². The highest BCUT2D eigenvalue weighted by atomic mass is 16.4. The van der Waals surface area contributed by atoms with Gasteiger partial charge in [0, 0.05) is 12.7 Å². The third-order valence-corrected chi connectivity index (χ3v) is 8.47. The molecular weight excluding hydrogens is 426 g/mol. The molecule has 0 radical (unpaired) electrons. The van der Waals surface area contributed by atoms with Crippen LogP contribution in [0.4, 0.5) is 0 Å². The first-order valence-corrected chi connectivity index (χ1v) is 12.5. The Labute approximate surface area is 199 Å². The molecule has 1 amide bonds. The predicted octanol–water partition coefficient (Wildman–Crippen LogP) is 4.69. The Morgan fingerprint density at radius 2 is 1.68 bits per heavy atom. The van der Waals surface area contributed by atoms with Crippen molar-refractivity contribution in [3.63, 3.8) is 0 Å². The van der Waals surface area contributed by atoms with Crippen LogP contribution in [0.25, 0.3) is 5.65 Å². The molecule has 4 fully saturated rings. The summed E-state index contributed by atoms with van der Waals surface area (Å²) in [7, 11) is 0. The molecule has 7 rings (SSSR count). The van der Waals surface area contributed by atoms with Crippen LogP contribution < -0.4 is 5.32 Å². The van der Waals surface area contributed by atoms with E-state index in [-0.39, 0.29) is 11.3 Å². The number of fused-ring (bicyclic) bond motifs is 1. The zero-order chi connectivity index (χ0) is 23.3. The molecule has 1 unspecified atom stereocenters. The molecule has 3 aromatic rings. The van der Waals surface area contributed by atoms with Crippen molar-refractivity contribution in [2.45, 2.75) is 50.9 Å². The third-order valence-electron chi connectivity index (χ3n) is 8.47. The molecule has 0 aliphatic heterocycles. The lowest BCUT2D eigenvalue weighted by Gasteiger charge is -2.56. The summed E-state index contributed by atoms with van der Waals surface area (Å²) in [5, 5.41) is 13.1. The maximum absolute atomic E-state index is 13.3. The minimum Gasteiger partial charge on any atom is -0.481 e. The summed E-state index contributed by atoms with van der Waals surface area (Å²) in [5.74, 6) is 0.742. The zero-order valence-corrected chi connectivity index (χ0v) is 19.3. The number of hydrogen-bond donors (Lipinski definition) is 2. The van der Waals surface area contributed by atoms with Gasteiger partial charge in [0.1, 0.15) is 17.3 Å². The number of imidazole rings is 1. The van der Waals surface area contributed by atoms with Gasteiger partial charge < -0.3 is 10.4 Å². The van der Waals surface area contributed by atoms with Gasteiger partial charge in [-0.05, 0) is 85.8 Å². The highest BCUT2D eigenvalue weighted by Gasteiger charge is 2.50. The number of nitrogens with one attached hydrogen (secondary N) is 1. The van der Waals surface area contributed by atoms with E-state index < -0.39 is 11.9 Å². The van der Waals surface area contributed by atoms with Gasteiger partial charge in [0.15, 0.2) is 0 Å². The Bertz CT molecular complexity index is 1200. The predicted molar refractivity (Wildman–Crippen MR) is 129 cm³/mol. The summed E-state index contributed by atoms with van der Waals surface area (Å²) in [6.07, 6.45) is 9.98. The number of aromatic nitrogens is 2. The van der Waals surface area contributed by atoms with Crippen molar-refractivity contribution in [1.29, 1.82) is 0 Å². The molecule has 0 spiro atoms. The van der Waals surface area contributed by atoms with E-state index in [1.807, 2.05) is 42.5 Å². The monoisotopic (exact) mass is 457 g/mol. The second kappa shape index (κ2) is 8.26. The number of carbonyl (C=O) groups is 2. The summed E-state index contributed by atoms with van der Waals surface area (Å²) in [5.41, 5.74) is 2.78. The van der Waals surface area contributed by atoms with E-state index in [1.54, 1.807) is 16.7 Å². The average Bonchev–Trinajstić information content (AvgIpc) is 3.24. The highest BCUT2D eigenvalue weighted by Crippen LogP contribution is 2.59. The number of carboxylic acids is 1. The lowest BCUT2D eigenvalue weighted by atomic mass is 9.49. The minimum atomic E-state index is -0.917. The molecule has 1 atom stereocenters. The van der Waals surface area contributed by atoms with Crippen LogP contribution in [-0.2, 0) is 11.2 Å². The van der Waals surface area contributed by atoms with Crippen molar-refractivity contribution in [2.24, 2.45) is 23.2 Å². The van der Waals surface area contributed by atoms with Crippen molar-refractivity contribution in [2.75, 3.05) is 6.54 Å². The van der Waals surface area contributed by atoms with Crippen LogP contribution in [0.5, 0.6) is 0 Å². The van der Waals surface area contributed by atoms with Crippen LogP contribution in [0.3, 0.4) is 0 Å². The number of aliphatic carboxylic acids is 1. The molecule has 2 heterocycles. The quantitative estimate of drug-likeness (QED) is 0.539. The zero-order valence-electron chi connectivity index (χ0n) is 19.3. The van der Waals surface area contributed by atoms with Gasteiger partial charge in [0.2, 0.25) is 0 Å². The highest BCUT2D eigenvalue weighted by molar-refractivity contribution is 5.93. The number of pyridine rings is 1. The Morgan fingerprint density at radius 1 is 1.00 bits per heavy atom. The van der Waals surface area contributed by atoms with Gasteiger partial charge in [-0.1, -0.05) is 36.4 Å². The maximum Gasteiger partial charge on any atom is 0.312 e. The molecule has 4 bridgehead atoms. The van der Waals surface area contributed by atoms with E-state index in [9.17, 15) is 14.7 Å². The minimum absolute atomic E-state index is 0.111. The number of carboxylic acid groups (broad SMARTS) is 1. The smallest absolute Gasteiger partial charge is 0.312 e. The summed E-state index contributed by atoms with van der Waals surface area (Å²) >= 11 is 0. The second-order valence-corrected chi connectivity index (χ2v) is 11.0. The fourth-order valence-corrected chi connectivity index (χ4v) is 7.42. The van der Waals surface area contributed by atoms with E-state index in [4.69, 9.17) is 0 Å². The standard InChI is InChI=1S/C28H31N3O3/c32-26(29-17-28-13-19-9-20(14-28)11-21(10-19)15-28)24-7-4-8-25-30-23(16-31(24)25)22(27(33)34)12-18-5-2-1-3-6-18/h1-8,16,19-22H,9-15,17H2,(H,29,32)(H,33,34). The van der Waals surface area contributed by atoms with Crippen LogP contribution >= 0.6 is 0 Å². The Hall–Kier alpha value is -3.15. The van der Waals surface area contributed by atoms with E-state index in [1.165, 1.54) is 38.5 Å². The van der Waals surface area contributed by atoms with Gasteiger partial charge in [0.05, 0.1) is 5.69 Å². The summed E-state index contributed by atoms with van der Waals surface area (Å²) in [6.45, 7) is 0.735. The fraction of sp³-hybridized carbons (Fsp3) is 0.464. The average molecular weight is 458 g/mol. The van der Waals surface area contributed by atoms with Crippen molar-refractivity contribution in [1.82, 2.24) is 14.7 Å². The normalized spacial score (nSPS) is 28.2. The largest absolute Gasteiger partial charge is 0.481 e. The summed E-state index contributed by atoms with van der Waals surface area (Å²) in [6, 6.07) is 15.0. The van der Waals surface area contributed by atoms with Crippen LogP contribution in [0.15, 0.2) is 54.7 Å². The topological polar surface area (TPSA) is 83.7 Å². The van der Waals surface area contributed by atoms with Gasteiger partial charge in [-0.3, -0.25) is 14.0 Å². The first-order valence-electron chi connectivity index (χ1n) is 12.5. The molecule has 1 aromatic carbocycles. The first-order chi connectivity index (χ1) is 16.5. The van der Waals surface area contributed by atoms with E-state index >= 15 is 0 Å². The number of rotatable bonds is 7. The van der Waals surface area contributed by atoms with Crippen molar-refractivity contribution >= 4 is 17.5 Å². The Kier molecular flexibility index (Phi) is 5.19. The van der Waals surface area contributed by atoms with Gasteiger partial charge in [0.25, 0.3) is 5.91 Å². The molecule has 2 aromatic heterocycles. The molecule has 34 heavy (non-hydrogen) atoms. The lowest BCUT2D eigenvalue weighted by molar-refractivity contribution is -0.138. The van der Waals surface area contributed by atoms with Gasteiger partial charge in [-0.25, -0.2) is 4.98 Å². The second-order valence-electron chi connectivity index (χ2n) is 11.0. The molecule has 176 valence electrons. The first kappa shape index (κ1) is 21.4. The Balaban J connectivity index is 1.23. The van der Waals surface area contributed by atoms with Crippen molar-refractivity contribution in [3.8, 4) is 0 Å². The van der Waals surface area contributed by atoms with Crippen molar-refractivity contribution in [3.05, 3.63) is 71.7 Å². The van der Waals surface area contributed by atoms with Crippen LogP contribution in [-0.4, -0.2) is 32.9 Å². The SMILES string of the molecule is O=C(NCC12CC3CC(CC(C3)C1)C2)c1cccc2nc(C(Cc3ccccc3)C(=O)O)cn12. The molecule has 4 aliphatic carbocycles. The number of benzene rings is 1. The maximum atomic E-state index is 13.3. The fourth-order valence-electron chi connectivity index (χ4n) is 7.42. The van der Waals surface area contributed by atoms with Crippen molar-refractivity contribution < 1.29 is 14.7 Å². The third kappa shape index (κ3) is 3.89. The van der Waals surface area contributed by atoms with Gasteiger partial charge in [-0.15, -0.1) is 0 Å². The number of nitrogens with zero attached hydrogens (tertiary/aromatic N) is 2. The molecule has 0 saturated heterocycles.